The molecule has 7 heteroatoms. The van der Waals surface area contributed by atoms with Crippen LogP contribution in [0.4, 0.5) is 0 Å². The van der Waals surface area contributed by atoms with Crippen molar-refractivity contribution in [2.24, 2.45) is 11.8 Å². The molecule has 206 valence electrons. The molecular formula is C32H39N3O4. The molecule has 7 nitrogen and oxygen atoms in total. The van der Waals surface area contributed by atoms with Gasteiger partial charge >= 0.3 is 0 Å². The molecule has 4 rings (SSSR count). The average molecular weight is 530 g/mol. The number of amides is 4. The lowest BCUT2D eigenvalue weighted by Crippen LogP contribution is -2.54. The number of allylic oxidation sites excluding steroid dienone is 2. The van der Waals surface area contributed by atoms with Crippen molar-refractivity contribution in [1.29, 1.82) is 0 Å². The van der Waals surface area contributed by atoms with E-state index in [1.807, 2.05) is 94.4 Å². The summed E-state index contributed by atoms with van der Waals surface area (Å²) in [5.41, 5.74) is 2.46. The van der Waals surface area contributed by atoms with E-state index in [1.165, 1.54) is 4.90 Å². The summed E-state index contributed by atoms with van der Waals surface area (Å²) in [7, 11) is 0. The Bertz CT molecular complexity index is 1200. The van der Waals surface area contributed by atoms with Gasteiger partial charge in [-0.1, -0.05) is 72.3 Å². The summed E-state index contributed by atoms with van der Waals surface area (Å²) < 4.78 is 0. The van der Waals surface area contributed by atoms with Crippen molar-refractivity contribution < 1.29 is 19.2 Å². The maximum atomic E-state index is 13.9. The number of rotatable bonds is 9. The molecule has 2 aromatic rings. The number of aryl methyl sites for hydroxylation is 1. The summed E-state index contributed by atoms with van der Waals surface area (Å²) in [6, 6.07) is 16.8. The molecule has 0 spiro atoms. The molecule has 0 bridgehead atoms. The van der Waals surface area contributed by atoms with Gasteiger partial charge in [-0.3, -0.25) is 24.1 Å². The van der Waals surface area contributed by atoms with Crippen LogP contribution in [0.5, 0.6) is 0 Å². The maximum Gasteiger partial charge on any atom is 0.243 e. The van der Waals surface area contributed by atoms with Gasteiger partial charge in [0.15, 0.2) is 0 Å². The molecule has 1 heterocycles. The third kappa shape index (κ3) is 7.02. The molecule has 3 atom stereocenters. The number of likely N-dealkylation sites (tertiary alicyclic amines) is 1. The lowest BCUT2D eigenvalue weighted by molar-refractivity contribution is -0.144. The van der Waals surface area contributed by atoms with E-state index in [-0.39, 0.29) is 55.0 Å². The molecule has 2 aromatic carbocycles. The zero-order chi connectivity index (χ0) is 28.2. The average Bonchev–Trinajstić information content (AvgIpc) is 3.14. The molecular weight excluding hydrogens is 490 g/mol. The minimum Gasteiger partial charge on any atom is -0.350 e. The van der Waals surface area contributed by atoms with Gasteiger partial charge in [-0.15, -0.1) is 0 Å². The van der Waals surface area contributed by atoms with Gasteiger partial charge in [-0.2, -0.15) is 0 Å². The summed E-state index contributed by atoms with van der Waals surface area (Å²) in [4.78, 5) is 56.4. The number of carbonyl (C=O) groups is 4. The van der Waals surface area contributed by atoms with E-state index < -0.39 is 11.6 Å². The number of imide groups is 1. The van der Waals surface area contributed by atoms with Crippen LogP contribution in [0.3, 0.4) is 0 Å². The first kappa shape index (κ1) is 28.3. The normalized spacial score (nSPS) is 19.5. The second kappa shape index (κ2) is 12.0. The highest BCUT2D eigenvalue weighted by molar-refractivity contribution is 6.05. The summed E-state index contributed by atoms with van der Waals surface area (Å²) in [6.45, 7) is 8.00. The molecule has 0 aromatic heterocycles. The van der Waals surface area contributed by atoms with Gasteiger partial charge in [-0.05, 0) is 51.7 Å². The standard InChI is InChI=1S/C32H39N3O4/c1-22-14-16-24(17-15-22)21-35(27(29(37)33-32(2,3)4)20-23-10-6-5-7-11-23)28(36)18-19-34-30(38)25-12-8-9-13-26(25)31(34)39/h5-11,14-17,25-27H,12-13,18-21H2,1-4H3,(H,33,37)/t25-,26+,27?. The third-order valence-electron chi connectivity index (χ3n) is 7.39. The quantitative estimate of drug-likeness (QED) is 0.390. The van der Waals surface area contributed by atoms with Crippen LogP contribution in [0, 0.1) is 18.8 Å². The second-order valence-corrected chi connectivity index (χ2v) is 11.7. The van der Waals surface area contributed by atoms with E-state index >= 15 is 0 Å². The number of hydrogen-bond acceptors (Lipinski definition) is 4. The van der Waals surface area contributed by atoms with Crippen LogP contribution in [0.25, 0.3) is 0 Å². The van der Waals surface area contributed by atoms with Gasteiger partial charge in [-0.25, -0.2) is 0 Å². The van der Waals surface area contributed by atoms with Gasteiger partial charge in [0.05, 0.1) is 11.8 Å². The predicted octanol–water partition coefficient (Wildman–Crippen LogP) is 4.19. The topological polar surface area (TPSA) is 86.8 Å². The number of nitrogens with one attached hydrogen (secondary N) is 1. The van der Waals surface area contributed by atoms with Crippen molar-refractivity contribution in [3.8, 4) is 0 Å². The van der Waals surface area contributed by atoms with E-state index in [1.54, 1.807) is 4.90 Å². The summed E-state index contributed by atoms with van der Waals surface area (Å²) in [6.07, 6.45) is 5.33. The van der Waals surface area contributed by atoms with E-state index in [0.717, 1.165) is 16.7 Å². The Labute approximate surface area is 231 Å². The Hall–Kier alpha value is -3.74. The summed E-state index contributed by atoms with van der Waals surface area (Å²) in [5.74, 6) is -1.56. The zero-order valence-corrected chi connectivity index (χ0v) is 23.4. The van der Waals surface area contributed by atoms with Crippen LogP contribution in [0.1, 0.15) is 56.7 Å². The zero-order valence-electron chi connectivity index (χ0n) is 23.4. The fraction of sp³-hybridized carbons (Fsp3) is 0.438. The molecule has 0 saturated carbocycles. The molecule has 1 aliphatic carbocycles. The van der Waals surface area contributed by atoms with Gasteiger partial charge in [0.1, 0.15) is 6.04 Å². The first-order valence-corrected chi connectivity index (χ1v) is 13.7. The Morgan fingerprint density at radius 3 is 2.08 bits per heavy atom. The summed E-state index contributed by atoms with van der Waals surface area (Å²) in [5, 5.41) is 3.06. The molecule has 4 amide bonds. The van der Waals surface area contributed by atoms with Crippen LogP contribution in [0.15, 0.2) is 66.7 Å². The molecule has 1 unspecified atom stereocenters. The third-order valence-corrected chi connectivity index (χ3v) is 7.39. The largest absolute Gasteiger partial charge is 0.350 e. The van der Waals surface area contributed by atoms with E-state index in [0.29, 0.717) is 19.3 Å². The number of fused-ring (bicyclic) bond motifs is 1. The smallest absolute Gasteiger partial charge is 0.243 e. The monoisotopic (exact) mass is 529 g/mol. The van der Waals surface area contributed by atoms with Crippen LogP contribution < -0.4 is 5.32 Å². The van der Waals surface area contributed by atoms with Crippen LogP contribution in [-0.4, -0.2) is 51.6 Å². The second-order valence-electron chi connectivity index (χ2n) is 11.7. The maximum absolute atomic E-state index is 13.9. The van der Waals surface area contributed by atoms with Crippen LogP contribution in [-0.2, 0) is 32.1 Å². The van der Waals surface area contributed by atoms with E-state index in [9.17, 15) is 19.2 Å². The van der Waals surface area contributed by atoms with Crippen LogP contribution >= 0.6 is 0 Å². The molecule has 1 fully saturated rings. The van der Waals surface area contributed by atoms with Gasteiger partial charge in [0.2, 0.25) is 23.6 Å². The highest BCUT2D eigenvalue weighted by Crippen LogP contribution is 2.35. The Morgan fingerprint density at radius 1 is 0.923 bits per heavy atom. The summed E-state index contributed by atoms with van der Waals surface area (Å²) >= 11 is 0. The van der Waals surface area contributed by atoms with Crippen LogP contribution in [0.2, 0.25) is 0 Å². The lowest BCUT2D eigenvalue weighted by atomic mass is 9.85. The Balaban J connectivity index is 1.60. The number of benzene rings is 2. The minimum atomic E-state index is -0.766. The van der Waals surface area contributed by atoms with Crippen molar-refractivity contribution >= 4 is 23.6 Å². The van der Waals surface area contributed by atoms with Crippen molar-refractivity contribution in [1.82, 2.24) is 15.1 Å². The molecule has 1 N–H and O–H groups in total. The molecule has 0 radical (unpaired) electrons. The first-order chi connectivity index (χ1) is 18.5. The fourth-order valence-electron chi connectivity index (χ4n) is 5.34. The molecule has 39 heavy (non-hydrogen) atoms. The first-order valence-electron chi connectivity index (χ1n) is 13.7. The van der Waals surface area contributed by atoms with Gasteiger partial charge < -0.3 is 10.2 Å². The van der Waals surface area contributed by atoms with Gasteiger partial charge in [0.25, 0.3) is 0 Å². The van der Waals surface area contributed by atoms with E-state index in [2.05, 4.69) is 5.32 Å². The number of hydrogen-bond donors (Lipinski definition) is 1. The molecule has 1 saturated heterocycles. The number of nitrogens with zero attached hydrogens (tertiary/aromatic N) is 2. The fourth-order valence-corrected chi connectivity index (χ4v) is 5.34. The molecule has 2 aliphatic rings. The Kier molecular flexibility index (Phi) is 8.68. The number of carbonyl (C=O) groups excluding carboxylic acids is 4. The van der Waals surface area contributed by atoms with Crippen molar-refractivity contribution in [2.45, 2.75) is 71.5 Å². The van der Waals surface area contributed by atoms with Crippen molar-refractivity contribution in [3.05, 3.63) is 83.4 Å². The van der Waals surface area contributed by atoms with E-state index in [4.69, 9.17) is 0 Å². The predicted molar refractivity (Wildman–Crippen MR) is 150 cm³/mol. The Morgan fingerprint density at radius 2 is 1.51 bits per heavy atom. The van der Waals surface area contributed by atoms with Crippen molar-refractivity contribution in [2.75, 3.05) is 6.54 Å². The highest BCUT2D eigenvalue weighted by atomic mass is 16.2. The SMILES string of the molecule is Cc1ccc(CN(C(=O)CCN2C(=O)[C@H]3CC=CC[C@H]3C2=O)C(Cc2ccccc2)C(=O)NC(C)(C)C)cc1. The van der Waals surface area contributed by atoms with Crippen molar-refractivity contribution in [3.63, 3.8) is 0 Å². The van der Waals surface area contributed by atoms with Gasteiger partial charge in [0, 0.05) is 31.5 Å². The lowest BCUT2D eigenvalue weighted by Gasteiger charge is -2.34. The molecule has 1 aliphatic heterocycles. The minimum absolute atomic E-state index is 0.0207. The highest BCUT2D eigenvalue weighted by Gasteiger charge is 2.47.